The zero-order valence-corrected chi connectivity index (χ0v) is 44.2. The van der Waals surface area contributed by atoms with E-state index in [-0.39, 0.29) is 78.9 Å². The lowest BCUT2D eigenvalue weighted by atomic mass is 9.96. The number of nitrogens with zero attached hydrogens (tertiary/aromatic N) is 12. The summed E-state index contributed by atoms with van der Waals surface area (Å²) in [4.78, 5) is 22.7. The van der Waals surface area contributed by atoms with Gasteiger partial charge in [-0.3, -0.25) is 0 Å². The largest absolute Gasteiger partial charge is 0.416 e. The summed E-state index contributed by atoms with van der Waals surface area (Å²) in [5.41, 5.74) is 6.56. The van der Waals surface area contributed by atoms with Crippen LogP contribution in [0.3, 0.4) is 0 Å². The van der Waals surface area contributed by atoms with Gasteiger partial charge in [-0.1, -0.05) is 97.1 Å². The van der Waals surface area contributed by atoms with E-state index in [1.54, 1.807) is 77.4 Å². The van der Waals surface area contributed by atoms with Gasteiger partial charge in [0.2, 0.25) is 5.69 Å². The molecule has 2 aromatic heterocycles. The second kappa shape index (κ2) is 20.9. The molecular formula is C71H29F3N12. The highest BCUT2D eigenvalue weighted by atomic mass is 19.4. The number of alkyl halides is 3. The van der Waals surface area contributed by atoms with Crippen LogP contribution in [0, 0.1) is 84.8 Å². The monoisotopic (exact) mass is 1110 g/mol. The molecule has 12 nitrogen and oxygen atoms in total. The summed E-state index contributed by atoms with van der Waals surface area (Å²) in [7, 11) is 0. The molecule has 0 aliphatic carbocycles. The Morgan fingerprint density at radius 3 is 1.22 bits per heavy atom. The molecule has 12 rings (SSSR count). The average molecular weight is 1110 g/mol. The van der Waals surface area contributed by atoms with E-state index in [1.165, 1.54) is 30.3 Å². The fraction of sp³-hybridized carbons (Fsp3) is 0.0141. The Kier molecular flexibility index (Phi) is 12.9. The van der Waals surface area contributed by atoms with Gasteiger partial charge < -0.3 is 9.13 Å². The maximum atomic E-state index is 15.1. The zero-order valence-electron chi connectivity index (χ0n) is 44.2. The topological polar surface area (TPSA) is 131 Å². The third kappa shape index (κ3) is 8.73. The molecule has 0 saturated carbocycles. The minimum absolute atomic E-state index is 0.0660. The van der Waals surface area contributed by atoms with Gasteiger partial charge in [-0.15, -0.1) is 0 Å². The predicted molar refractivity (Wildman–Crippen MR) is 324 cm³/mol. The van der Waals surface area contributed by atoms with Crippen LogP contribution in [0.4, 0.5) is 47.3 Å². The highest BCUT2D eigenvalue weighted by Crippen LogP contribution is 2.50. The highest BCUT2D eigenvalue weighted by molar-refractivity contribution is 6.15. The molecule has 0 unspecified atom stereocenters. The Bertz CT molecular complexity index is 5230. The van der Waals surface area contributed by atoms with Gasteiger partial charge in [0, 0.05) is 38.2 Å². The van der Waals surface area contributed by atoms with Gasteiger partial charge in [0.05, 0.1) is 108 Å². The minimum atomic E-state index is -4.92. The van der Waals surface area contributed by atoms with E-state index < -0.39 is 11.7 Å². The molecule has 2 heterocycles. The molecule has 0 fully saturated rings. The fourth-order valence-electron chi connectivity index (χ4n) is 11.3. The van der Waals surface area contributed by atoms with Gasteiger partial charge in [-0.25, -0.2) is 29.1 Å². The van der Waals surface area contributed by atoms with Crippen LogP contribution in [0.2, 0.25) is 0 Å². The summed E-state index contributed by atoms with van der Waals surface area (Å²) in [6, 6.07) is 55.5. The van der Waals surface area contributed by atoms with Crippen LogP contribution < -0.4 is 0 Å². The summed E-state index contributed by atoms with van der Waals surface area (Å²) in [6.45, 7) is 49.2. The number of aromatic nitrogens is 2. The number of rotatable bonds is 7. The molecule has 0 N–H and O–H groups in total. The standard InChI is InChI=1S/C71H29F3N12/c1-79-50-13-21-52(48(30-50)39-78)43-9-17-57-58-18-10-44(53-15-7-40(36-75)27-61(53)81-3)32-66(58)85(65(57)31-43)64-24-23-56(47-25-42(38-77)26-49(29-47)71(72,73)74)70(69(64)84-6)86-67-33-45(54-16-8-41(37-76)28-62(54)82-4)11-19-59(67)60-20-12-46(34-68(60)86)55-22-14-51(80-2)35-63(55)83-5/h7-35H. The van der Waals surface area contributed by atoms with Gasteiger partial charge in [-0.2, -0.15) is 34.2 Å². The molecule has 0 spiro atoms. The summed E-state index contributed by atoms with van der Waals surface area (Å²) >= 11 is 0. The van der Waals surface area contributed by atoms with Crippen LogP contribution in [-0.2, 0) is 6.18 Å². The van der Waals surface area contributed by atoms with Crippen LogP contribution >= 0.6 is 0 Å². The first-order chi connectivity index (χ1) is 41.8. The Hall–Kier alpha value is -13.5. The fourth-order valence-corrected chi connectivity index (χ4v) is 11.3. The van der Waals surface area contributed by atoms with Crippen molar-refractivity contribution in [1.82, 2.24) is 9.13 Å². The lowest BCUT2D eigenvalue weighted by Gasteiger charge is -2.21. The third-order valence-corrected chi connectivity index (χ3v) is 15.2. The molecule has 0 radical (unpaired) electrons. The Balaban J connectivity index is 1.27. The van der Waals surface area contributed by atoms with E-state index in [0.717, 1.165) is 12.1 Å². The van der Waals surface area contributed by atoms with Crippen LogP contribution in [0.15, 0.2) is 176 Å². The first-order valence-electron chi connectivity index (χ1n) is 25.8. The second-order valence-electron chi connectivity index (χ2n) is 19.7. The number of benzene rings is 10. The van der Waals surface area contributed by atoms with Crippen molar-refractivity contribution < 1.29 is 13.2 Å². The molecule has 0 aliphatic heterocycles. The molecule has 12 aromatic rings. The lowest BCUT2D eigenvalue weighted by Crippen LogP contribution is -2.07. The van der Waals surface area contributed by atoms with E-state index in [2.05, 4.69) is 47.3 Å². The molecular weight excluding hydrogens is 1080 g/mol. The average Bonchev–Trinajstić information content (AvgIpc) is 1.76. The van der Waals surface area contributed by atoms with Crippen molar-refractivity contribution in [1.29, 1.82) is 21.0 Å². The maximum absolute atomic E-state index is 15.1. The normalized spacial score (nSPS) is 10.8. The van der Waals surface area contributed by atoms with Crippen molar-refractivity contribution in [2.24, 2.45) is 0 Å². The minimum Gasteiger partial charge on any atom is -0.319 e. The van der Waals surface area contributed by atoms with Crippen LogP contribution in [0.25, 0.3) is 140 Å². The quantitative estimate of drug-likeness (QED) is 0.147. The molecule has 394 valence electrons. The number of nitriles is 4. The zero-order chi connectivity index (χ0) is 60.1. The van der Waals surface area contributed by atoms with Crippen molar-refractivity contribution in [3.63, 3.8) is 0 Å². The van der Waals surface area contributed by atoms with E-state index in [1.807, 2.05) is 71.3 Å². The smallest absolute Gasteiger partial charge is 0.319 e. The summed E-state index contributed by atoms with van der Waals surface area (Å²) in [6.07, 6.45) is -4.92. The van der Waals surface area contributed by atoms with Crippen molar-refractivity contribution in [2.75, 3.05) is 0 Å². The molecule has 86 heavy (non-hydrogen) atoms. The van der Waals surface area contributed by atoms with Crippen LogP contribution in [0.5, 0.6) is 0 Å². The van der Waals surface area contributed by atoms with Crippen molar-refractivity contribution in [3.8, 4) is 91.3 Å². The van der Waals surface area contributed by atoms with Gasteiger partial charge in [-0.05, 0) is 134 Å². The molecule has 0 amide bonds. The summed E-state index contributed by atoms with van der Waals surface area (Å²) in [5.74, 6) is 0. The predicted octanol–water partition coefficient (Wildman–Crippen LogP) is 20.0. The van der Waals surface area contributed by atoms with Crippen molar-refractivity contribution in [3.05, 3.63) is 272 Å². The van der Waals surface area contributed by atoms with E-state index >= 15 is 13.2 Å². The van der Waals surface area contributed by atoms with Gasteiger partial charge in [0.1, 0.15) is 0 Å². The Morgan fingerprint density at radius 2 is 0.779 bits per heavy atom. The van der Waals surface area contributed by atoms with Gasteiger partial charge >= 0.3 is 6.18 Å². The molecule has 0 aliphatic rings. The first-order valence-corrected chi connectivity index (χ1v) is 25.8. The van der Waals surface area contributed by atoms with E-state index in [9.17, 15) is 27.6 Å². The Morgan fingerprint density at radius 1 is 0.349 bits per heavy atom. The molecule has 15 heteroatoms. The van der Waals surface area contributed by atoms with Crippen molar-refractivity contribution >= 4 is 77.7 Å². The van der Waals surface area contributed by atoms with Gasteiger partial charge in [0.25, 0.3) is 0 Å². The van der Waals surface area contributed by atoms with E-state index in [0.29, 0.717) is 88.1 Å². The molecule has 0 bridgehead atoms. The number of hydrogen-bond acceptors (Lipinski definition) is 4. The van der Waals surface area contributed by atoms with Crippen molar-refractivity contribution in [2.45, 2.75) is 6.18 Å². The highest BCUT2D eigenvalue weighted by Gasteiger charge is 2.33. The third-order valence-electron chi connectivity index (χ3n) is 15.2. The summed E-state index contributed by atoms with van der Waals surface area (Å²) in [5, 5.41) is 43.0. The van der Waals surface area contributed by atoms with Crippen LogP contribution in [-0.4, -0.2) is 9.13 Å². The SMILES string of the molecule is [C-]#[N+]c1ccc(-c2ccc3c4ccc(-c5ccc(C#N)cc5[N+]#[C-])cc4n(-c4ccc(-c5cc(C#N)cc(C(F)(F)F)c5)c(-n5c6cc(-c7ccc(C#N)cc7[N+]#[C-])ccc6c6ccc(-c7ccc([N+]#[C-])cc7[N+]#[C-])cc65)c4[N+]#[C-])c3c2)c(C#N)c1. The Labute approximate surface area is 488 Å². The lowest BCUT2D eigenvalue weighted by molar-refractivity contribution is -0.137. The first kappa shape index (κ1) is 53.1. The number of fused-ring (bicyclic) bond motifs is 6. The second-order valence-corrected chi connectivity index (χ2v) is 19.7. The van der Waals surface area contributed by atoms with Gasteiger partial charge in [0.15, 0.2) is 28.4 Å². The molecule has 0 saturated heterocycles. The number of halogens is 3. The van der Waals surface area contributed by atoms with Crippen LogP contribution in [0.1, 0.15) is 27.8 Å². The molecule has 10 aromatic carbocycles. The maximum Gasteiger partial charge on any atom is 0.416 e. The van der Waals surface area contributed by atoms with E-state index in [4.69, 9.17) is 32.9 Å². The number of hydrogen-bond donors (Lipinski definition) is 0. The molecule has 0 atom stereocenters. The summed E-state index contributed by atoms with van der Waals surface area (Å²) < 4.78 is 48.9.